The molecule has 0 spiro atoms. The number of hydrogen-bond donors (Lipinski definition) is 1. The molecule has 0 aromatic rings. The Hall–Kier alpha value is -1.10. The van der Waals surface area contributed by atoms with E-state index in [4.69, 9.17) is 0 Å². The fourth-order valence-electron chi connectivity index (χ4n) is 0.670. The zero-order valence-corrected chi connectivity index (χ0v) is 5.42. The fraction of sp³-hybridized carbons (Fsp3) is 0.600. The fourth-order valence-corrected chi connectivity index (χ4v) is 0.670. The number of rotatable bonds is 2. The van der Waals surface area contributed by atoms with Crippen LogP contribution in [0.2, 0.25) is 0 Å². The van der Waals surface area contributed by atoms with Crippen LogP contribution in [0, 0.1) is 0 Å². The molecule has 1 atom stereocenters. The Morgan fingerprint density at radius 2 is 2.40 bits per heavy atom. The number of alkyl carbamates (subject to hydrolysis) is 1. The molecule has 5 nitrogen and oxygen atoms in total. The molecule has 1 N–H and O–H groups in total. The van der Waals surface area contributed by atoms with Crippen molar-refractivity contribution < 1.29 is 19.1 Å². The number of methoxy groups -OCH3 is 1. The normalized spacial score (nSPS) is 24.3. The summed E-state index contributed by atoms with van der Waals surface area (Å²) in [4.78, 5) is 20.9. The van der Waals surface area contributed by atoms with E-state index in [0.717, 1.165) is 0 Å². The summed E-state index contributed by atoms with van der Waals surface area (Å²) < 4.78 is 8.79. The van der Waals surface area contributed by atoms with Crippen LogP contribution in [-0.4, -0.2) is 31.8 Å². The minimum Gasteiger partial charge on any atom is -0.382 e. The van der Waals surface area contributed by atoms with Crippen molar-refractivity contribution in [3.63, 3.8) is 0 Å². The molecule has 56 valence electrons. The molecule has 0 bridgehead atoms. The van der Waals surface area contributed by atoms with Crippen molar-refractivity contribution in [1.82, 2.24) is 5.32 Å². The second kappa shape index (κ2) is 2.66. The zero-order chi connectivity index (χ0) is 7.56. The highest BCUT2D eigenvalue weighted by Gasteiger charge is 2.31. The first kappa shape index (κ1) is 7.01. The number of amides is 1. The minimum absolute atomic E-state index is 0.157. The lowest BCUT2D eigenvalue weighted by molar-refractivity contribution is -0.136. The average Bonchev–Trinajstić information content (AvgIpc) is 2.13. The lowest BCUT2D eigenvalue weighted by Crippen LogP contribution is -2.32. The number of ether oxygens (including phenoxy) is 2. The standard InChI is InChI=1S/C5H7NO4/c1-9-2-3-4(7)10-5(8)6-3/h3H,2H2,1H3,(H,6,8)/t3-/m0/s1. The topological polar surface area (TPSA) is 64.6 Å². The lowest BCUT2D eigenvalue weighted by atomic mass is 10.3. The van der Waals surface area contributed by atoms with Crippen molar-refractivity contribution in [2.75, 3.05) is 13.7 Å². The molecule has 1 saturated heterocycles. The number of nitrogens with one attached hydrogen (secondary N) is 1. The molecule has 0 unspecified atom stereocenters. The van der Waals surface area contributed by atoms with Crippen molar-refractivity contribution in [2.24, 2.45) is 0 Å². The zero-order valence-electron chi connectivity index (χ0n) is 5.42. The number of carbonyl (C=O) groups excluding carboxylic acids is 2. The molecule has 0 aromatic carbocycles. The van der Waals surface area contributed by atoms with Gasteiger partial charge in [0.1, 0.15) is 0 Å². The second-order valence-electron chi connectivity index (χ2n) is 1.86. The molecule has 0 saturated carbocycles. The van der Waals surface area contributed by atoms with Gasteiger partial charge in [-0.3, -0.25) is 0 Å². The van der Waals surface area contributed by atoms with Gasteiger partial charge in [-0.15, -0.1) is 0 Å². The molecule has 0 aliphatic carbocycles. The van der Waals surface area contributed by atoms with E-state index in [9.17, 15) is 9.59 Å². The Kier molecular flexibility index (Phi) is 1.86. The van der Waals surface area contributed by atoms with Crippen LogP contribution >= 0.6 is 0 Å². The van der Waals surface area contributed by atoms with Crippen LogP contribution < -0.4 is 5.32 Å². The summed E-state index contributed by atoms with van der Waals surface area (Å²) in [6, 6.07) is -0.627. The molecule has 1 aliphatic rings. The predicted octanol–water partition coefficient (Wildman–Crippen LogP) is -0.732. The second-order valence-corrected chi connectivity index (χ2v) is 1.86. The minimum atomic E-state index is -0.702. The smallest absolute Gasteiger partial charge is 0.382 e. The van der Waals surface area contributed by atoms with E-state index in [0.29, 0.717) is 0 Å². The maximum absolute atomic E-state index is 10.6. The first-order valence-corrected chi connectivity index (χ1v) is 2.75. The third kappa shape index (κ3) is 1.24. The van der Waals surface area contributed by atoms with E-state index < -0.39 is 18.1 Å². The molecule has 1 rings (SSSR count). The van der Waals surface area contributed by atoms with Gasteiger partial charge in [0.25, 0.3) is 0 Å². The number of hydrogen-bond acceptors (Lipinski definition) is 4. The Morgan fingerprint density at radius 1 is 1.70 bits per heavy atom. The van der Waals surface area contributed by atoms with Gasteiger partial charge in [-0.25, -0.2) is 9.59 Å². The van der Waals surface area contributed by atoms with E-state index in [-0.39, 0.29) is 6.61 Å². The quantitative estimate of drug-likeness (QED) is 0.411. The maximum Gasteiger partial charge on any atom is 0.415 e. The molecule has 10 heavy (non-hydrogen) atoms. The molecule has 0 radical (unpaired) electrons. The Bertz CT molecular complexity index is 167. The summed E-state index contributed by atoms with van der Waals surface area (Å²) in [5, 5.41) is 2.27. The van der Waals surface area contributed by atoms with Crippen LogP contribution in [0.1, 0.15) is 0 Å². The van der Waals surface area contributed by atoms with Crippen molar-refractivity contribution in [3.8, 4) is 0 Å². The van der Waals surface area contributed by atoms with Crippen LogP contribution in [0.4, 0.5) is 4.79 Å². The Labute approximate surface area is 57.3 Å². The van der Waals surface area contributed by atoms with Gasteiger partial charge in [0, 0.05) is 7.11 Å². The molecule has 1 aliphatic heterocycles. The number of esters is 1. The predicted molar refractivity (Wildman–Crippen MR) is 30.3 cm³/mol. The monoisotopic (exact) mass is 145 g/mol. The molecule has 0 aromatic heterocycles. The van der Waals surface area contributed by atoms with Gasteiger partial charge < -0.3 is 14.8 Å². The van der Waals surface area contributed by atoms with Gasteiger partial charge in [-0.2, -0.15) is 0 Å². The van der Waals surface area contributed by atoms with Gasteiger partial charge in [0.15, 0.2) is 6.04 Å². The van der Waals surface area contributed by atoms with E-state index in [1.165, 1.54) is 7.11 Å². The summed E-state index contributed by atoms with van der Waals surface area (Å²) in [7, 11) is 1.44. The van der Waals surface area contributed by atoms with E-state index >= 15 is 0 Å². The van der Waals surface area contributed by atoms with Gasteiger partial charge >= 0.3 is 12.1 Å². The summed E-state index contributed by atoms with van der Waals surface area (Å²) in [6.07, 6.45) is -0.702. The molecule has 1 heterocycles. The van der Waals surface area contributed by atoms with Crippen LogP contribution in [0.3, 0.4) is 0 Å². The van der Waals surface area contributed by atoms with E-state index in [1.54, 1.807) is 0 Å². The largest absolute Gasteiger partial charge is 0.415 e. The van der Waals surface area contributed by atoms with Crippen LogP contribution in [0.25, 0.3) is 0 Å². The van der Waals surface area contributed by atoms with E-state index in [1.807, 2.05) is 0 Å². The maximum atomic E-state index is 10.6. The molecule has 1 amide bonds. The van der Waals surface area contributed by atoms with Crippen molar-refractivity contribution >= 4 is 12.1 Å². The molecule has 1 fully saturated rings. The highest BCUT2D eigenvalue weighted by atomic mass is 16.6. The first-order valence-electron chi connectivity index (χ1n) is 2.75. The molecular formula is C5H7NO4. The molecular weight excluding hydrogens is 138 g/mol. The van der Waals surface area contributed by atoms with E-state index in [2.05, 4.69) is 14.8 Å². The van der Waals surface area contributed by atoms with Gasteiger partial charge in [-0.05, 0) is 0 Å². The number of carbonyl (C=O) groups is 2. The summed E-state index contributed by atoms with van der Waals surface area (Å²) >= 11 is 0. The van der Waals surface area contributed by atoms with Gasteiger partial charge in [0.2, 0.25) is 0 Å². The average molecular weight is 145 g/mol. The van der Waals surface area contributed by atoms with Crippen LogP contribution in [0.5, 0.6) is 0 Å². The Morgan fingerprint density at radius 3 is 2.80 bits per heavy atom. The highest BCUT2D eigenvalue weighted by Crippen LogP contribution is 1.99. The van der Waals surface area contributed by atoms with Gasteiger partial charge in [-0.1, -0.05) is 0 Å². The van der Waals surface area contributed by atoms with Crippen molar-refractivity contribution in [2.45, 2.75) is 6.04 Å². The summed E-state index contributed by atoms with van der Waals surface area (Å²) in [5.74, 6) is -0.577. The highest BCUT2D eigenvalue weighted by molar-refractivity contribution is 5.95. The third-order valence-corrected chi connectivity index (χ3v) is 1.10. The lowest BCUT2D eigenvalue weighted by Gasteiger charge is -2.00. The number of cyclic esters (lactones) is 2. The van der Waals surface area contributed by atoms with Crippen molar-refractivity contribution in [3.05, 3.63) is 0 Å². The SMILES string of the molecule is COC[C@@H]1NC(=O)OC1=O. The van der Waals surface area contributed by atoms with Crippen LogP contribution in [-0.2, 0) is 14.3 Å². The Balaban J connectivity index is 2.46. The van der Waals surface area contributed by atoms with Crippen LogP contribution in [0.15, 0.2) is 0 Å². The third-order valence-electron chi connectivity index (χ3n) is 1.10. The summed E-state index contributed by atoms with van der Waals surface area (Å²) in [6.45, 7) is 0.157. The molecule has 5 heteroatoms. The van der Waals surface area contributed by atoms with Crippen molar-refractivity contribution in [1.29, 1.82) is 0 Å². The van der Waals surface area contributed by atoms with Gasteiger partial charge in [0.05, 0.1) is 6.61 Å². The first-order chi connectivity index (χ1) is 4.74. The summed E-state index contributed by atoms with van der Waals surface area (Å²) in [5.41, 5.74) is 0.